The third-order valence-corrected chi connectivity index (χ3v) is 3.90. The molecule has 3 N–H and O–H groups in total. The maximum absolute atomic E-state index is 11.9. The van der Waals surface area contributed by atoms with Crippen LogP contribution in [0.3, 0.4) is 0 Å². The molecular weight excluding hydrogens is 388 g/mol. The Morgan fingerprint density at radius 3 is 2.04 bits per heavy atom. The molecule has 2 amide bonds. The fourth-order valence-electron chi connectivity index (χ4n) is 2.34. The molecule has 0 aliphatic heterocycles. The first-order valence-electron chi connectivity index (χ1n) is 9.05. The van der Waals surface area contributed by atoms with Crippen LogP contribution in [0.4, 0.5) is 9.59 Å². The first kappa shape index (κ1) is 24.0. The highest BCUT2D eigenvalue weighted by Crippen LogP contribution is 2.18. The van der Waals surface area contributed by atoms with Crippen LogP contribution < -0.4 is 10.6 Å². The van der Waals surface area contributed by atoms with Crippen LogP contribution >= 0.6 is 11.6 Å². The van der Waals surface area contributed by atoms with Gasteiger partial charge in [-0.25, -0.2) is 9.59 Å². The molecule has 0 aliphatic rings. The number of nitrogens with one attached hydrogen (secondary N) is 2. The number of hydrogen-bond acceptors (Lipinski definition) is 5. The third-order valence-electron chi connectivity index (χ3n) is 3.59. The fourth-order valence-corrected chi connectivity index (χ4v) is 2.52. The van der Waals surface area contributed by atoms with Crippen molar-refractivity contribution in [1.82, 2.24) is 10.6 Å². The Morgan fingerprint density at radius 2 is 1.50 bits per heavy atom. The highest BCUT2D eigenvalue weighted by atomic mass is 35.5. The number of ether oxygens (including phenoxy) is 3. The zero-order valence-corrected chi connectivity index (χ0v) is 17.1. The average molecular weight is 417 g/mol. The van der Waals surface area contributed by atoms with E-state index in [0.29, 0.717) is 38.7 Å². The monoisotopic (exact) mass is 416 g/mol. The first-order chi connectivity index (χ1) is 13.3. The quantitative estimate of drug-likeness (QED) is 0.337. The Labute approximate surface area is 170 Å². The Balaban J connectivity index is 2.10. The second-order valence-corrected chi connectivity index (χ2v) is 6.93. The summed E-state index contributed by atoms with van der Waals surface area (Å²) in [5, 5.41) is 13.2. The van der Waals surface area contributed by atoms with E-state index in [1.807, 2.05) is 38.1 Å². The van der Waals surface area contributed by atoms with E-state index in [4.69, 9.17) is 30.9 Å². The summed E-state index contributed by atoms with van der Waals surface area (Å²) >= 11 is 5.78. The lowest BCUT2D eigenvalue weighted by Crippen LogP contribution is -2.37. The largest absolute Gasteiger partial charge is 0.465 e. The lowest BCUT2D eigenvalue weighted by molar-refractivity contribution is 0.0325. The molecule has 0 aromatic heterocycles. The lowest BCUT2D eigenvalue weighted by Gasteiger charge is -2.25. The SMILES string of the molecule is CC(C)(Cc1ccc(CCl)cc1)OC(=O)NCCOCCOCCNC(=O)O. The van der Waals surface area contributed by atoms with Gasteiger partial charge in [0.2, 0.25) is 0 Å². The minimum Gasteiger partial charge on any atom is -0.465 e. The molecule has 9 heteroatoms. The number of rotatable bonds is 13. The second kappa shape index (κ2) is 13.2. The van der Waals surface area contributed by atoms with Gasteiger partial charge in [0.15, 0.2) is 0 Å². The highest BCUT2D eigenvalue weighted by Gasteiger charge is 2.23. The van der Waals surface area contributed by atoms with Crippen molar-refractivity contribution < 1.29 is 28.9 Å². The maximum Gasteiger partial charge on any atom is 0.407 e. The van der Waals surface area contributed by atoms with E-state index in [2.05, 4.69) is 10.6 Å². The van der Waals surface area contributed by atoms with Gasteiger partial charge < -0.3 is 30.0 Å². The number of alkyl carbamates (subject to hydrolysis) is 1. The van der Waals surface area contributed by atoms with Crippen LogP contribution in [-0.4, -0.2) is 62.4 Å². The number of alkyl halides is 1. The van der Waals surface area contributed by atoms with Gasteiger partial charge in [0.05, 0.1) is 26.4 Å². The van der Waals surface area contributed by atoms with Gasteiger partial charge in [0.1, 0.15) is 5.60 Å². The van der Waals surface area contributed by atoms with Crippen LogP contribution in [0.5, 0.6) is 0 Å². The van der Waals surface area contributed by atoms with Crippen LogP contribution in [0.25, 0.3) is 0 Å². The van der Waals surface area contributed by atoms with E-state index in [9.17, 15) is 9.59 Å². The number of benzene rings is 1. The third kappa shape index (κ3) is 11.6. The maximum atomic E-state index is 11.9. The predicted molar refractivity (Wildman–Crippen MR) is 106 cm³/mol. The van der Waals surface area contributed by atoms with Gasteiger partial charge in [0.25, 0.3) is 0 Å². The molecule has 0 aliphatic carbocycles. The zero-order chi connectivity index (χ0) is 20.8. The summed E-state index contributed by atoms with van der Waals surface area (Å²) in [6, 6.07) is 7.88. The van der Waals surface area contributed by atoms with Gasteiger partial charge in [0, 0.05) is 25.4 Å². The zero-order valence-electron chi connectivity index (χ0n) is 16.3. The van der Waals surface area contributed by atoms with E-state index >= 15 is 0 Å². The molecule has 0 unspecified atom stereocenters. The van der Waals surface area contributed by atoms with E-state index in [-0.39, 0.29) is 13.2 Å². The Kier molecular flexibility index (Phi) is 11.3. The van der Waals surface area contributed by atoms with E-state index in [1.54, 1.807) is 0 Å². The molecule has 0 radical (unpaired) electrons. The van der Waals surface area contributed by atoms with E-state index in [0.717, 1.165) is 11.1 Å². The first-order valence-corrected chi connectivity index (χ1v) is 9.59. The Bertz CT molecular complexity index is 595. The summed E-state index contributed by atoms with van der Waals surface area (Å²) in [4.78, 5) is 22.1. The van der Waals surface area contributed by atoms with Crippen molar-refractivity contribution in [2.75, 3.05) is 39.5 Å². The van der Waals surface area contributed by atoms with Gasteiger partial charge in [-0.3, -0.25) is 0 Å². The van der Waals surface area contributed by atoms with Gasteiger partial charge in [-0.2, -0.15) is 0 Å². The summed E-state index contributed by atoms with van der Waals surface area (Å²) < 4.78 is 16.0. The number of carboxylic acid groups (broad SMARTS) is 1. The number of halogens is 1. The van der Waals surface area contributed by atoms with Gasteiger partial charge in [-0.15, -0.1) is 11.6 Å². The fraction of sp³-hybridized carbons (Fsp3) is 0.579. The molecule has 158 valence electrons. The van der Waals surface area contributed by atoms with Crippen molar-refractivity contribution in [3.8, 4) is 0 Å². The molecule has 0 saturated carbocycles. The van der Waals surface area contributed by atoms with Crippen LogP contribution in [0.15, 0.2) is 24.3 Å². The van der Waals surface area contributed by atoms with Crippen LogP contribution in [0.1, 0.15) is 25.0 Å². The minimum atomic E-state index is -1.08. The molecular formula is C19H29ClN2O6. The summed E-state index contributed by atoms with van der Waals surface area (Å²) in [5.74, 6) is 0.471. The normalized spacial score (nSPS) is 11.1. The summed E-state index contributed by atoms with van der Waals surface area (Å²) in [6.45, 7) is 5.57. The molecule has 0 saturated heterocycles. The van der Waals surface area contributed by atoms with Gasteiger partial charge in [-0.1, -0.05) is 24.3 Å². The van der Waals surface area contributed by atoms with Crippen molar-refractivity contribution in [3.63, 3.8) is 0 Å². The van der Waals surface area contributed by atoms with Crippen molar-refractivity contribution >= 4 is 23.8 Å². The molecule has 1 rings (SSSR count). The molecule has 1 aromatic rings. The topological polar surface area (TPSA) is 106 Å². The molecule has 0 heterocycles. The molecule has 8 nitrogen and oxygen atoms in total. The molecule has 0 atom stereocenters. The lowest BCUT2D eigenvalue weighted by atomic mass is 9.98. The summed E-state index contributed by atoms with van der Waals surface area (Å²) in [7, 11) is 0. The van der Waals surface area contributed by atoms with Crippen molar-refractivity contribution in [3.05, 3.63) is 35.4 Å². The Morgan fingerprint density at radius 1 is 0.964 bits per heavy atom. The number of carbonyl (C=O) groups is 2. The van der Waals surface area contributed by atoms with Crippen molar-refractivity contribution in [1.29, 1.82) is 0 Å². The van der Waals surface area contributed by atoms with E-state index in [1.165, 1.54) is 0 Å². The summed E-state index contributed by atoms with van der Waals surface area (Å²) in [6.07, 6.45) is -0.986. The summed E-state index contributed by atoms with van der Waals surface area (Å²) in [5.41, 5.74) is 1.46. The standard InChI is InChI=1S/C19H29ClN2O6/c1-19(2,13-15-3-5-16(14-20)6-4-15)28-18(25)22-8-10-27-12-11-26-9-7-21-17(23)24/h3-6,21H,7-14H2,1-2H3,(H,22,25)(H,23,24). The Hall–Kier alpha value is -2.03. The van der Waals surface area contributed by atoms with Crippen molar-refractivity contribution in [2.24, 2.45) is 0 Å². The number of hydrogen-bond donors (Lipinski definition) is 3. The number of carbonyl (C=O) groups excluding carboxylic acids is 1. The number of amides is 2. The molecule has 0 bridgehead atoms. The highest BCUT2D eigenvalue weighted by molar-refractivity contribution is 6.17. The minimum absolute atomic E-state index is 0.232. The van der Waals surface area contributed by atoms with Crippen LogP contribution in [-0.2, 0) is 26.5 Å². The average Bonchev–Trinajstić information content (AvgIpc) is 2.62. The van der Waals surface area contributed by atoms with Crippen LogP contribution in [0, 0.1) is 0 Å². The van der Waals surface area contributed by atoms with Crippen molar-refractivity contribution in [2.45, 2.75) is 31.7 Å². The van der Waals surface area contributed by atoms with Gasteiger partial charge >= 0.3 is 12.2 Å². The van der Waals surface area contributed by atoms with Crippen LogP contribution in [0.2, 0.25) is 0 Å². The van der Waals surface area contributed by atoms with E-state index < -0.39 is 17.8 Å². The molecule has 0 spiro atoms. The smallest absolute Gasteiger partial charge is 0.407 e. The predicted octanol–water partition coefficient (Wildman–Crippen LogP) is 2.77. The molecule has 1 aromatic carbocycles. The second-order valence-electron chi connectivity index (χ2n) is 6.66. The van der Waals surface area contributed by atoms with Gasteiger partial charge in [-0.05, 0) is 25.0 Å². The molecule has 0 fully saturated rings. The molecule has 28 heavy (non-hydrogen) atoms.